The van der Waals surface area contributed by atoms with Gasteiger partial charge in [0, 0.05) is 19.7 Å². The first-order chi connectivity index (χ1) is 8.19. The average molecular weight is 237 g/mol. The van der Waals surface area contributed by atoms with Crippen LogP contribution in [0.1, 0.15) is 32.6 Å². The number of anilines is 1. The Labute approximate surface area is 103 Å². The van der Waals surface area contributed by atoms with E-state index < -0.39 is 0 Å². The van der Waals surface area contributed by atoms with Crippen LogP contribution in [0.15, 0.2) is 6.07 Å². The predicted molar refractivity (Wildman–Crippen MR) is 69.4 cm³/mol. The average Bonchev–Trinajstić information content (AvgIpc) is 2.67. The van der Waals surface area contributed by atoms with Gasteiger partial charge in [0.05, 0.1) is 7.11 Å². The molecule has 0 saturated heterocycles. The Bertz CT molecular complexity index is 362. The first kappa shape index (κ1) is 12.3. The second-order valence-electron chi connectivity index (χ2n) is 5.21. The number of nitrogens with one attached hydrogen (secondary N) is 1. The number of aryl methyl sites for hydroxylation is 1. The summed E-state index contributed by atoms with van der Waals surface area (Å²) in [4.78, 5) is 0. The first-order valence-corrected chi connectivity index (χ1v) is 6.51. The van der Waals surface area contributed by atoms with Gasteiger partial charge in [-0.3, -0.25) is 0 Å². The second kappa shape index (κ2) is 5.43. The molecule has 0 bridgehead atoms. The molecule has 17 heavy (non-hydrogen) atoms. The van der Waals surface area contributed by atoms with Crippen molar-refractivity contribution >= 4 is 5.82 Å². The third-order valence-corrected chi connectivity index (χ3v) is 3.66. The van der Waals surface area contributed by atoms with Crippen molar-refractivity contribution in [2.75, 3.05) is 19.0 Å². The summed E-state index contributed by atoms with van der Waals surface area (Å²) in [5, 5.41) is 7.78. The Morgan fingerprint density at radius 1 is 1.53 bits per heavy atom. The van der Waals surface area contributed by atoms with Crippen LogP contribution >= 0.6 is 0 Å². The maximum absolute atomic E-state index is 5.19. The number of aromatic nitrogens is 2. The van der Waals surface area contributed by atoms with E-state index in [-0.39, 0.29) is 0 Å². The SMILES string of the molecule is COc1cc(NCC2CCCC(C)C2)nn1C. The molecule has 0 aromatic carbocycles. The van der Waals surface area contributed by atoms with E-state index in [0.717, 1.165) is 30.1 Å². The minimum atomic E-state index is 0.796. The van der Waals surface area contributed by atoms with Crippen molar-refractivity contribution in [1.82, 2.24) is 9.78 Å². The quantitative estimate of drug-likeness (QED) is 0.875. The fraction of sp³-hybridized carbons (Fsp3) is 0.769. The Balaban J connectivity index is 1.84. The lowest BCUT2D eigenvalue weighted by Gasteiger charge is -2.26. The second-order valence-corrected chi connectivity index (χ2v) is 5.21. The van der Waals surface area contributed by atoms with Gasteiger partial charge < -0.3 is 10.1 Å². The molecule has 1 aliphatic rings. The Morgan fingerprint density at radius 2 is 2.35 bits per heavy atom. The summed E-state index contributed by atoms with van der Waals surface area (Å²) >= 11 is 0. The normalized spacial score (nSPS) is 24.6. The molecular weight excluding hydrogens is 214 g/mol. The van der Waals surface area contributed by atoms with E-state index in [9.17, 15) is 0 Å². The van der Waals surface area contributed by atoms with E-state index >= 15 is 0 Å². The van der Waals surface area contributed by atoms with Gasteiger partial charge in [-0.1, -0.05) is 19.8 Å². The molecule has 1 fully saturated rings. The standard InChI is InChI=1S/C13H23N3O/c1-10-5-4-6-11(7-10)9-14-12-8-13(17-3)16(2)15-12/h8,10-11H,4-7,9H2,1-3H3,(H,14,15). The summed E-state index contributed by atoms with van der Waals surface area (Å²) in [6, 6.07) is 1.95. The highest BCUT2D eigenvalue weighted by Crippen LogP contribution is 2.28. The molecule has 4 heteroatoms. The summed E-state index contributed by atoms with van der Waals surface area (Å²) in [6.45, 7) is 3.39. The zero-order valence-electron chi connectivity index (χ0n) is 11.1. The number of methoxy groups -OCH3 is 1. The highest BCUT2D eigenvalue weighted by molar-refractivity contribution is 5.38. The van der Waals surface area contributed by atoms with Crippen LogP contribution in [-0.4, -0.2) is 23.4 Å². The molecule has 2 rings (SSSR count). The van der Waals surface area contributed by atoms with Crippen LogP contribution in [0.3, 0.4) is 0 Å². The monoisotopic (exact) mass is 237 g/mol. The number of rotatable bonds is 4. The molecular formula is C13H23N3O. The third kappa shape index (κ3) is 3.14. The molecule has 1 saturated carbocycles. The van der Waals surface area contributed by atoms with Gasteiger partial charge in [0.2, 0.25) is 5.88 Å². The maximum Gasteiger partial charge on any atom is 0.213 e. The zero-order valence-corrected chi connectivity index (χ0v) is 11.1. The summed E-state index contributed by atoms with van der Waals surface area (Å²) in [7, 11) is 3.57. The molecule has 1 aliphatic carbocycles. The van der Waals surface area contributed by atoms with E-state index in [1.54, 1.807) is 11.8 Å². The van der Waals surface area contributed by atoms with Crippen LogP contribution in [0, 0.1) is 11.8 Å². The molecule has 1 heterocycles. The van der Waals surface area contributed by atoms with Gasteiger partial charge in [0.25, 0.3) is 0 Å². The largest absolute Gasteiger partial charge is 0.481 e. The molecule has 1 aromatic heterocycles. The van der Waals surface area contributed by atoms with Crippen molar-refractivity contribution in [1.29, 1.82) is 0 Å². The smallest absolute Gasteiger partial charge is 0.213 e. The fourth-order valence-electron chi connectivity index (χ4n) is 2.72. The number of ether oxygens (including phenoxy) is 1. The summed E-state index contributed by atoms with van der Waals surface area (Å²) in [5.41, 5.74) is 0. The summed E-state index contributed by atoms with van der Waals surface area (Å²) < 4.78 is 6.95. The molecule has 0 aliphatic heterocycles. The highest BCUT2D eigenvalue weighted by atomic mass is 16.5. The van der Waals surface area contributed by atoms with Crippen molar-refractivity contribution in [3.63, 3.8) is 0 Å². The molecule has 2 unspecified atom stereocenters. The van der Waals surface area contributed by atoms with Crippen LogP contribution < -0.4 is 10.1 Å². The van der Waals surface area contributed by atoms with Crippen molar-refractivity contribution < 1.29 is 4.74 Å². The van der Waals surface area contributed by atoms with E-state index in [1.807, 2.05) is 13.1 Å². The van der Waals surface area contributed by atoms with E-state index in [2.05, 4.69) is 17.3 Å². The molecule has 0 spiro atoms. The minimum Gasteiger partial charge on any atom is -0.481 e. The lowest BCUT2D eigenvalue weighted by Crippen LogP contribution is -2.21. The number of hydrogen-bond donors (Lipinski definition) is 1. The lowest BCUT2D eigenvalue weighted by atomic mass is 9.82. The van der Waals surface area contributed by atoms with Gasteiger partial charge in [-0.15, -0.1) is 0 Å². The van der Waals surface area contributed by atoms with Gasteiger partial charge in [-0.2, -0.15) is 5.10 Å². The molecule has 0 radical (unpaired) electrons. The zero-order chi connectivity index (χ0) is 12.3. The molecule has 2 atom stereocenters. The van der Waals surface area contributed by atoms with Crippen molar-refractivity contribution in [3.8, 4) is 5.88 Å². The number of hydrogen-bond acceptors (Lipinski definition) is 3. The van der Waals surface area contributed by atoms with Gasteiger partial charge in [-0.05, 0) is 24.7 Å². The van der Waals surface area contributed by atoms with E-state index in [4.69, 9.17) is 4.74 Å². The lowest BCUT2D eigenvalue weighted by molar-refractivity contribution is 0.293. The third-order valence-electron chi connectivity index (χ3n) is 3.66. The van der Waals surface area contributed by atoms with Gasteiger partial charge in [0.1, 0.15) is 0 Å². The minimum absolute atomic E-state index is 0.796. The van der Waals surface area contributed by atoms with Crippen molar-refractivity contribution in [2.45, 2.75) is 32.6 Å². The molecule has 0 amide bonds. The van der Waals surface area contributed by atoms with Crippen LogP contribution in [0.2, 0.25) is 0 Å². The fourth-order valence-corrected chi connectivity index (χ4v) is 2.72. The molecule has 1 aromatic rings. The van der Waals surface area contributed by atoms with E-state index in [1.165, 1.54) is 25.7 Å². The van der Waals surface area contributed by atoms with Crippen molar-refractivity contribution in [2.24, 2.45) is 18.9 Å². The van der Waals surface area contributed by atoms with Gasteiger partial charge in [0.15, 0.2) is 5.82 Å². The Morgan fingerprint density at radius 3 is 3.00 bits per heavy atom. The van der Waals surface area contributed by atoms with Crippen LogP contribution in [0.5, 0.6) is 5.88 Å². The van der Waals surface area contributed by atoms with Crippen LogP contribution in [0.25, 0.3) is 0 Å². The van der Waals surface area contributed by atoms with Crippen molar-refractivity contribution in [3.05, 3.63) is 6.07 Å². The van der Waals surface area contributed by atoms with Gasteiger partial charge in [-0.25, -0.2) is 4.68 Å². The van der Waals surface area contributed by atoms with Crippen LogP contribution in [-0.2, 0) is 7.05 Å². The molecule has 1 N–H and O–H groups in total. The topological polar surface area (TPSA) is 39.1 Å². The highest BCUT2D eigenvalue weighted by Gasteiger charge is 2.18. The molecule has 4 nitrogen and oxygen atoms in total. The Hall–Kier alpha value is -1.19. The van der Waals surface area contributed by atoms with Crippen LogP contribution in [0.4, 0.5) is 5.82 Å². The Kier molecular flexibility index (Phi) is 3.92. The van der Waals surface area contributed by atoms with E-state index in [0.29, 0.717) is 0 Å². The summed E-state index contributed by atoms with van der Waals surface area (Å²) in [6.07, 6.45) is 5.46. The predicted octanol–water partition coefficient (Wildman–Crippen LogP) is 2.67. The van der Waals surface area contributed by atoms with Gasteiger partial charge >= 0.3 is 0 Å². The number of nitrogens with zero attached hydrogens (tertiary/aromatic N) is 2. The maximum atomic E-state index is 5.19. The summed E-state index contributed by atoms with van der Waals surface area (Å²) in [5.74, 6) is 3.40. The first-order valence-electron chi connectivity index (χ1n) is 6.51. The molecule has 96 valence electrons.